The van der Waals surface area contributed by atoms with Gasteiger partial charge in [-0.3, -0.25) is 4.79 Å². The minimum Gasteiger partial charge on any atom is -0.351 e. The molecule has 0 saturated heterocycles. The van der Waals surface area contributed by atoms with E-state index in [2.05, 4.69) is 19.2 Å². The van der Waals surface area contributed by atoms with E-state index in [1.165, 1.54) is 44.9 Å². The molecule has 2 heteroatoms. The van der Waals surface area contributed by atoms with E-state index in [1.54, 1.807) is 6.92 Å². The number of amides is 1. The van der Waals surface area contributed by atoms with Crippen molar-refractivity contribution in [3.8, 4) is 0 Å². The molecule has 4 atom stereocenters. The Hall–Kier alpha value is -0.530. The van der Waals surface area contributed by atoms with Crippen molar-refractivity contribution in [2.45, 2.75) is 71.3 Å². The average molecular weight is 235 g/mol. The Balaban J connectivity index is 1.96. The van der Waals surface area contributed by atoms with Gasteiger partial charge in [-0.25, -0.2) is 0 Å². The highest BCUT2D eigenvalue weighted by atomic mass is 16.1. The second-order valence-electron chi connectivity index (χ2n) is 7.74. The summed E-state index contributed by atoms with van der Waals surface area (Å²) >= 11 is 0. The highest BCUT2D eigenvalue weighted by Gasteiger charge is 2.59. The molecule has 3 rings (SSSR count). The topological polar surface area (TPSA) is 29.1 Å². The number of rotatable bonds is 1. The molecule has 96 valence electrons. The van der Waals surface area contributed by atoms with E-state index in [9.17, 15) is 4.79 Å². The lowest BCUT2D eigenvalue weighted by atomic mass is 9.66. The predicted molar refractivity (Wildman–Crippen MR) is 68.6 cm³/mol. The van der Waals surface area contributed by atoms with Crippen LogP contribution in [0.15, 0.2) is 0 Å². The number of carbonyl (C=O) groups excluding carboxylic acids is 1. The van der Waals surface area contributed by atoms with Crippen LogP contribution < -0.4 is 5.32 Å². The predicted octanol–water partition coefficient (Wildman–Crippen LogP) is 3.26. The van der Waals surface area contributed by atoms with Crippen LogP contribution in [0.2, 0.25) is 0 Å². The molecular formula is C15H25NO. The van der Waals surface area contributed by atoms with Crippen molar-refractivity contribution in [1.82, 2.24) is 5.32 Å². The standard InChI is InChI=1S/C15H25NO/c1-11(17)16-15-6-4-5-14(3)9-13(2,10-15)7-12(14)8-15/h12H,4-10H2,1-3H3,(H,16,17). The highest BCUT2D eigenvalue weighted by Crippen LogP contribution is 2.66. The molecule has 0 aliphatic heterocycles. The zero-order chi connectivity index (χ0) is 12.3. The Morgan fingerprint density at radius 2 is 1.94 bits per heavy atom. The van der Waals surface area contributed by atoms with E-state index in [4.69, 9.17) is 0 Å². The number of hydrogen-bond donors (Lipinski definition) is 1. The van der Waals surface area contributed by atoms with Crippen LogP contribution >= 0.6 is 0 Å². The Morgan fingerprint density at radius 3 is 2.65 bits per heavy atom. The van der Waals surface area contributed by atoms with Crippen molar-refractivity contribution in [2.24, 2.45) is 16.7 Å². The van der Waals surface area contributed by atoms with Crippen molar-refractivity contribution in [3.63, 3.8) is 0 Å². The lowest BCUT2D eigenvalue weighted by Gasteiger charge is -2.45. The normalized spacial score (nSPS) is 52.3. The third-order valence-corrected chi connectivity index (χ3v) is 5.80. The number of nitrogens with one attached hydrogen (secondary N) is 1. The van der Waals surface area contributed by atoms with Crippen LogP contribution in [-0.4, -0.2) is 11.4 Å². The molecule has 3 fully saturated rings. The first-order valence-corrected chi connectivity index (χ1v) is 7.14. The van der Waals surface area contributed by atoms with Gasteiger partial charge in [0.25, 0.3) is 0 Å². The van der Waals surface area contributed by atoms with Crippen molar-refractivity contribution in [3.05, 3.63) is 0 Å². The van der Waals surface area contributed by atoms with Crippen molar-refractivity contribution < 1.29 is 4.79 Å². The zero-order valence-corrected chi connectivity index (χ0v) is 11.4. The van der Waals surface area contributed by atoms with Crippen LogP contribution in [0.3, 0.4) is 0 Å². The van der Waals surface area contributed by atoms with E-state index in [0.717, 1.165) is 5.92 Å². The summed E-state index contributed by atoms with van der Waals surface area (Å²) in [5, 5.41) is 3.33. The Labute approximate surface area is 105 Å². The molecular weight excluding hydrogens is 210 g/mol. The Morgan fingerprint density at radius 1 is 1.18 bits per heavy atom. The molecule has 3 saturated carbocycles. The van der Waals surface area contributed by atoms with Gasteiger partial charge in [0.1, 0.15) is 0 Å². The number of fused-ring (bicyclic) bond motifs is 2. The summed E-state index contributed by atoms with van der Waals surface area (Å²) in [7, 11) is 0. The van der Waals surface area contributed by atoms with Gasteiger partial charge in [0.2, 0.25) is 5.91 Å². The maximum Gasteiger partial charge on any atom is 0.217 e. The second kappa shape index (κ2) is 3.27. The van der Waals surface area contributed by atoms with Gasteiger partial charge in [-0.2, -0.15) is 0 Å². The van der Waals surface area contributed by atoms with Gasteiger partial charge in [0.05, 0.1) is 0 Å². The van der Waals surface area contributed by atoms with Crippen LogP contribution in [-0.2, 0) is 4.79 Å². The third kappa shape index (κ3) is 1.71. The molecule has 2 nitrogen and oxygen atoms in total. The summed E-state index contributed by atoms with van der Waals surface area (Å²) in [6, 6.07) is 0. The summed E-state index contributed by atoms with van der Waals surface area (Å²) < 4.78 is 0. The van der Waals surface area contributed by atoms with Gasteiger partial charge in [-0.1, -0.05) is 20.3 Å². The monoisotopic (exact) mass is 235 g/mol. The molecule has 3 bridgehead atoms. The molecule has 3 aliphatic carbocycles. The fourth-order valence-corrected chi connectivity index (χ4v) is 5.69. The molecule has 1 amide bonds. The van der Waals surface area contributed by atoms with Crippen molar-refractivity contribution >= 4 is 5.91 Å². The van der Waals surface area contributed by atoms with E-state index >= 15 is 0 Å². The largest absolute Gasteiger partial charge is 0.351 e. The van der Waals surface area contributed by atoms with Crippen LogP contribution in [0, 0.1) is 16.7 Å². The van der Waals surface area contributed by atoms with Gasteiger partial charge >= 0.3 is 0 Å². The molecule has 3 aliphatic rings. The molecule has 1 N–H and O–H groups in total. The maximum atomic E-state index is 11.5. The van der Waals surface area contributed by atoms with E-state index < -0.39 is 0 Å². The van der Waals surface area contributed by atoms with Gasteiger partial charge in [-0.05, 0) is 55.3 Å². The first-order chi connectivity index (χ1) is 7.85. The van der Waals surface area contributed by atoms with E-state index in [-0.39, 0.29) is 11.4 Å². The third-order valence-electron chi connectivity index (χ3n) is 5.80. The molecule has 0 aromatic carbocycles. The maximum absolute atomic E-state index is 11.5. The fourth-order valence-electron chi connectivity index (χ4n) is 5.69. The minimum absolute atomic E-state index is 0.137. The first kappa shape index (κ1) is 11.6. The molecule has 0 spiro atoms. The molecule has 4 unspecified atom stereocenters. The van der Waals surface area contributed by atoms with Crippen LogP contribution in [0.4, 0.5) is 0 Å². The number of hydrogen-bond acceptors (Lipinski definition) is 1. The summed E-state index contributed by atoms with van der Waals surface area (Å²) in [6.45, 7) is 6.63. The first-order valence-electron chi connectivity index (χ1n) is 7.14. The Kier molecular flexibility index (Phi) is 2.22. The lowest BCUT2D eigenvalue weighted by Crippen LogP contribution is -2.52. The summed E-state index contributed by atoms with van der Waals surface area (Å²) in [5.74, 6) is 1.01. The highest BCUT2D eigenvalue weighted by molar-refractivity contribution is 5.73. The van der Waals surface area contributed by atoms with Crippen molar-refractivity contribution in [2.75, 3.05) is 0 Å². The molecule has 17 heavy (non-hydrogen) atoms. The molecule has 0 aromatic heterocycles. The minimum atomic E-state index is 0.137. The quantitative estimate of drug-likeness (QED) is 0.742. The van der Waals surface area contributed by atoms with Crippen molar-refractivity contribution in [1.29, 1.82) is 0 Å². The van der Waals surface area contributed by atoms with Gasteiger partial charge in [-0.15, -0.1) is 0 Å². The summed E-state index contributed by atoms with van der Waals surface area (Å²) in [4.78, 5) is 11.5. The number of carbonyl (C=O) groups is 1. The van der Waals surface area contributed by atoms with Crippen LogP contribution in [0.5, 0.6) is 0 Å². The van der Waals surface area contributed by atoms with Crippen LogP contribution in [0.25, 0.3) is 0 Å². The van der Waals surface area contributed by atoms with Gasteiger partial charge in [0, 0.05) is 12.5 Å². The van der Waals surface area contributed by atoms with Crippen LogP contribution in [0.1, 0.15) is 65.7 Å². The summed E-state index contributed by atoms with van der Waals surface area (Å²) in [5.41, 5.74) is 1.18. The second-order valence-corrected chi connectivity index (χ2v) is 7.74. The van der Waals surface area contributed by atoms with E-state index in [0.29, 0.717) is 10.8 Å². The smallest absolute Gasteiger partial charge is 0.217 e. The molecule has 0 aromatic rings. The fraction of sp³-hybridized carbons (Fsp3) is 0.933. The Bertz CT molecular complexity index is 366. The SMILES string of the molecule is CC(=O)NC12CCCC3(C)CC(C)(CC3C1)C2. The average Bonchev–Trinajstić information content (AvgIpc) is 2.24. The molecule has 0 radical (unpaired) electrons. The molecule has 0 heterocycles. The van der Waals surface area contributed by atoms with Gasteiger partial charge < -0.3 is 5.32 Å². The van der Waals surface area contributed by atoms with Gasteiger partial charge in [0.15, 0.2) is 0 Å². The van der Waals surface area contributed by atoms with E-state index in [1.807, 2.05) is 0 Å². The lowest BCUT2D eigenvalue weighted by molar-refractivity contribution is -0.122. The summed E-state index contributed by atoms with van der Waals surface area (Å²) in [6.07, 6.45) is 9.09. The zero-order valence-electron chi connectivity index (χ0n) is 11.4.